The molecule has 6 heteroatoms. The largest absolute Gasteiger partial charge is 0.465 e. The van der Waals surface area contributed by atoms with Crippen molar-refractivity contribution in [2.45, 2.75) is 59.2 Å². The molecule has 37 heavy (non-hydrogen) atoms. The monoisotopic (exact) mass is 500 g/mol. The highest BCUT2D eigenvalue weighted by atomic mass is 16.6. The second kappa shape index (κ2) is 10.0. The van der Waals surface area contributed by atoms with Gasteiger partial charge in [0.1, 0.15) is 13.2 Å². The van der Waals surface area contributed by atoms with Crippen LogP contribution >= 0.6 is 0 Å². The van der Waals surface area contributed by atoms with E-state index in [-0.39, 0.29) is 32.0 Å². The summed E-state index contributed by atoms with van der Waals surface area (Å²) in [5, 5.41) is 0. The van der Waals surface area contributed by atoms with Gasteiger partial charge in [-0.25, -0.2) is 0 Å². The van der Waals surface area contributed by atoms with Gasteiger partial charge >= 0.3 is 17.9 Å². The van der Waals surface area contributed by atoms with E-state index in [9.17, 15) is 14.4 Å². The highest BCUT2D eigenvalue weighted by molar-refractivity contribution is 6.02. The van der Waals surface area contributed by atoms with E-state index < -0.39 is 22.8 Å². The fourth-order valence-corrected chi connectivity index (χ4v) is 6.00. The molecule has 2 fully saturated rings. The Morgan fingerprint density at radius 3 is 1.89 bits per heavy atom. The van der Waals surface area contributed by atoms with Crippen LogP contribution in [0.1, 0.15) is 57.1 Å². The summed E-state index contributed by atoms with van der Waals surface area (Å²) in [4.78, 5) is 40.4. The summed E-state index contributed by atoms with van der Waals surface area (Å²) in [6.07, 6.45) is 2.41. The molecule has 1 atom stereocenters. The molecule has 0 radical (unpaired) electrons. The summed E-state index contributed by atoms with van der Waals surface area (Å²) in [6.45, 7) is 4.51. The topological polar surface area (TPSA) is 78.9 Å². The van der Waals surface area contributed by atoms with Crippen LogP contribution < -0.4 is 0 Å². The fourth-order valence-electron chi connectivity index (χ4n) is 6.00. The Morgan fingerprint density at radius 1 is 0.811 bits per heavy atom. The molecule has 192 valence electrons. The van der Waals surface area contributed by atoms with Crippen LogP contribution in [-0.4, -0.2) is 24.5 Å². The Bertz CT molecular complexity index is 1220. The van der Waals surface area contributed by atoms with Crippen molar-refractivity contribution >= 4 is 17.9 Å². The van der Waals surface area contributed by atoms with Crippen LogP contribution in [0.2, 0.25) is 0 Å². The van der Waals surface area contributed by atoms with E-state index in [1.165, 1.54) is 0 Å². The van der Waals surface area contributed by atoms with Crippen LogP contribution in [0.3, 0.4) is 0 Å². The first-order valence-corrected chi connectivity index (χ1v) is 12.8. The van der Waals surface area contributed by atoms with E-state index >= 15 is 0 Å². The number of hydrogen-bond acceptors (Lipinski definition) is 6. The summed E-state index contributed by atoms with van der Waals surface area (Å²) in [5.41, 5.74) is 3.26. The summed E-state index contributed by atoms with van der Waals surface area (Å²) in [6, 6.07) is 18.8. The molecular formula is C31H32O6. The molecule has 1 heterocycles. The van der Waals surface area contributed by atoms with Gasteiger partial charge in [0.25, 0.3) is 0 Å². The second-order valence-electron chi connectivity index (χ2n) is 10.4. The quantitative estimate of drug-likeness (QED) is 0.291. The molecule has 3 aliphatic rings. The number of hydrogen-bond donors (Lipinski definition) is 0. The van der Waals surface area contributed by atoms with Gasteiger partial charge in [-0.05, 0) is 68.2 Å². The summed E-state index contributed by atoms with van der Waals surface area (Å²) in [7, 11) is 0. The lowest BCUT2D eigenvalue weighted by atomic mass is 9.66. The molecule has 0 amide bonds. The van der Waals surface area contributed by atoms with Crippen LogP contribution in [0.4, 0.5) is 0 Å². The highest BCUT2D eigenvalue weighted by Crippen LogP contribution is 2.57. The molecule has 6 nitrogen and oxygen atoms in total. The zero-order valence-corrected chi connectivity index (χ0v) is 21.4. The van der Waals surface area contributed by atoms with Gasteiger partial charge in [-0.3, -0.25) is 14.4 Å². The van der Waals surface area contributed by atoms with Crippen LogP contribution in [0, 0.1) is 10.8 Å². The van der Waals surface area contributed by atoms with Crippen LogP contribution in [0.5, 0.6) is 0 Å². The average molecular weight is 501 g/mol. The van der Waals surface area contributed by atoms with Gasteiger partial charge in [-0.2, -0.15) is 0 Å². The Morgan fingerprint density at radius 2 is 1.35 bits per heavy atom. The Hall–Kier alpha value is -3.67. The Labute approximate surface area is 217 Å². The number of carbonyl (C=O) groups is 3. The van der Waals surface area contributed by atoms with Gasteiger partial charge in [-0.15, -0.1) is 0 Å². The molecular weight excluding hydrogens is 468 g/mol. The zero-order chi connectivity index (χ0) is 26.0. The normalized spacial score (nSPS) is 22.5. The molecule has 1 saturated heterocycles. The zero-order valence-electron chi connectivity index (χ0n) is 21.4. The molecule has 0 bridgehead atoms. The minimum atomic E-state index is -1.50. The molecule has 0 unspecified atom stereocenters. The maximum atomic E-state index is 13.7. The summed E-state index contributed by atoms with van der Waals surface area (Å²) >= 11 is 0. The maximum absolute atomic E-state index is 13.7. The number of cyclic esters (lactones) is 1. The third-order valence-corrected chi connectivity index (χ3v) is 8.15. The lowest BCUT2D eigenvalue weighted by Gasteiger charge is -2.40. The van der Waals surface area contributed by atoms with E-state index in [1.54, 1.807) is 0 Å². The number of rotatable bonds is 6. The van der Waals surface area contributed by atoms with Crippen LogP contribution in [0.25, 0.3) is 0 Å². The average Bonchev–Trinajstić information content (AvgIpc) is 3.35. The van der Waals surface area contributed by atoms with Crippen molar-refractivity contribution in [2.75, 3.05) is 6.61 Å². The van der Waals surface area contributed by atoms with Gasteiger partial charge in [0.05, 0.1) is 12.0 Å². The van der Waals surface area contributed by atoms with Crippen molar-refractivity contribution in [2.24, 2.45) is 10.8 Å². The smallest absolute Gasteiger partial charge is 0.324 e. The fraction of sp³-hybridized carbons (Fsp3) is 0.387. The second-order valence-corrected chi connectivity index (χ2v) is 10.4. The van der Waals surface area contributed by atoms with Crippen molar-refractivity contribution in [1.29, 1.82) is 0 Å². The highest BCUT2D eigenvalue weighted by Gasteiger charge is 2.58. The lowest BCUT2D eigenvalue weighted by molar-refractivity contribution is -0.173. The third-order valence-electron chi connectivity index (χ3n) is 8.15. The van der Waals surface area contributed by atoms with Crippen molar-refractivity contribution in [3.63, 3.8) is 0 Å². The molecule has 0 aromatic heterocycles. The SMILES string of the molecule is CC1=C2CC(C(=O)OCc3ccccc3)(C(=O)OCc3ccccc3)CC2=C(C)[C@]2(CCCOC2=O)C1. The van der Waals surface area contributed by atoms with Crippen LogP contribution in [-0.2, 0) is 41.8 Å². The number of fused-ring (bicyclic) bond motifs is 1. The molecule has 2 aromatic rings. The molecule has 1 spiro atoms. The van der Waals surface area contributed by atoms with Gasteiger partial charge in [0.15, 0.2) is 5.41 Å². The molecule has 1 aliphatic heterocycles. The number of allylic oxidation sites excluding steroid dienone is 3. The van der Waals surface area contributed by atoms with E-state index in [4.69, 9.17) is 14.2 Å². The minimum absolute atomic E-state index is 0.0692. The predicted octanol–water partition coefficient (Wildman–Crippen LogP) is 5.61. The minimum Gasteiger partial charge on any atom is -0.465 e. The Balaban J connectivity index is 1.48. The molecule has 2 aliphatic carbocycles. The first kappa shape index (κ1) is 25.0. The first-order valence-electron chi connectivity index (χ1n) is 12.8. The number of esters is 3. The van der Waals surface area contributed by atoms with Gasteiger partial charge < -0.3 is 14.2 Å². The molecule has 5 rings (SSSR count). The number of ether oxygens (including phenoxy) is 3. The van der Waals surface area contributed by atoms with E-state index in [2.05, 4.69) is 0 Å². The van der Waals surface area contributed by atoms with Gasteiger partial charge in [-0.1, -0.05) is 71.8 Å². The predicted molar refractivity (Wildman–Crippen MR) is 137 cm³/mol. The molecule has 1 saturated carbocycles. The van der Waals surface area contributed by atoms with Gasteiger partial charge in [0, 0.05) is 0 Å². The summed E-state index contributed by atoms with van der Waals surface area (Å²) < 4.78 is 17.0. The first-order chi connectivity index (χ1) is 17.9. The third kappa shape index (κ3) is 4.50. The number of carbonyl (C=O) groups excluding carboxylic acids is 3. The lowest BCUT2D eigenvalue weighted by Crippen LogP contribution is -2.41. The maximum Gasteiger partial charge on any atom is 0.324 e. The van der Waals surface area contributed by atoms with E-state index in [1.807, 2.05) is 74.5 Å². The molecule has 2 aromatic carbocycles. The van der Waals surface area contributed by atoms with Crippen LogP contribution in [0.15, 0.2) is 83.0 Å². The van der Waals surface area contributed by atoms with E-state index in [0.717, 1.165) is 39.8 Å². The van der Waals surface area contributed by atoms with Gasteiger partial charge in [0.2, 0.25) is 0 Å². The van der Waals surface area contributed by atoms with Crippen molar-refractivity contribution < 1.29 is 28.6 Å². The van der Waals surface area contributed by atoms with Crippen molar-refractivity contribution in [3.8, 4) is 0 Å². The van der Waals surface area contributed by atoms with Crippen molar-refractivity contribution in [1.82, 2.24) is 0 Å². The summed E-state index contributed by atoms with van der Waals surface area (Å²) in [5.74, 6) is -1.40. The molecule has 0 N–H and O–H groups in total. The standard InChI is InChI=1S/C31H32O6/c1-21-16-30(14-9-15-35-27(30)32)22(2)26-18-31(17-25(21)26,28(33)36-19-23-10-5-3-6-11-23)29(34)37-20-24-12-7-4-8-13-24/h3-8,10-13H,9,14-20H2,1-2H3/t30-/m0/s1. The number of benzene rings is 2. The van der Waals surface area contributed by atoms with E-state index in [0.29, 0.717) is 19.4 Å². The Kier molecular flexibility index (Phi) is 6.76. The van der Waals surface area contributed by atoms with Crippen molar-refractivity contribution in [3.05, 3.63) is 94.1 Å².